The van der Waals surface area contributed by atoms with Crippen LogP contribution in [0.15, 0.2) is 27.5 Å². The van der Waals surface area contributed by atoms with Crippen molar-refractivity contribution in [1.29, 1.82) is 0 Å². The molecule has 0 aliphatic rings. The molecule has 0 saturated heterocycles. The van der Waals surface area contributed by atoms with E-state index in [0.717, 1.165) is 26.3 Å². The number of nitrogens with zero attached hydrogens (tertiary/aromatic N) is 4. The van der Waals surface area contributed by atoms with Crippen LogP contribution in [-0.4, -0.2) is 24.7 Å². The van der Waals surface area contributed by atoms with Crippen molar-refractivity contribution in [1.82, 2.24) is 24.7 Å². The first kappa shape index (κ1) is 18.4. The van der Waals surface area contributed by atoms with Crippen molar-refractivity contribution >= 4 is 44.7 Å². The minimum Gasteiger partial charge on any atom is -0.309 e. The smallest absolute Gasteiger partial charge is 0.260 e. The molecule has 0 fully saturated rings. The van der Waals surface area contributed by atoms with E-state index in [4.69, 9.17) is 0 Å². The van der Waals surface area contributed by atoms with Crippen LogP contribution in [0.2, 0.25) is 0 Å². The molecule has 0 atom stereocenters. The normalized spacial score (nSPS) is 11.7. The van der Waals surface area contributed by atoms with E-state index in [2.05, 4.69) is 53.1 Å². The lowest BCUT2D eigenvalue weighted by Gasteiger charge is -2.05. The third-order valence-electron chi connectivity index (χ3n) is 4.22. The quantitative estimate of drug-likeness (QED) is 0.482. The summed E-state index contributed by atoms with van der Waals surface area (Å²) in [4.78, 5) is 23.4. The molecule has 0 spiro atoms. The van der Waals surface area contributed by atoms with Crippen molar-refractivity contribution < 1.29 is 0 Å². The van der Waals surface area contributed by atoms with Gasteiger partial charge in [0.25, 0.3) is 5.56 Å². The molecule has 0 radical (unpaired) electrons. The Hall–Kier alpha value is -1.97. The monoisotopic (exact) mass is 417 g/mol. The summed E-state index contributed by atoms with van der Waals surface area (Å²) in [6.07, 6.45) is 0. The largest absolute Gasteiger partial charge is 0.309 e. The van der Waals surface area contributed by atoms with Gasteiger partial charge in [0, 0.05) is 33.7 Å². The number of thiophene rings is 2. The summed E-state index contributed by atoms with van der Waals surface area (Å²) in [7, 11) is 1.96. The van der Waals surface area contributed by atoms with Gasteiger partial charge in [-0.05, 0) is 19.1 Å². The van der Waals surface area contributed by atoms with Crippen molar-refractivity contribution in [3.8, 4) is 10.4 Å². The Morgan fingerprint density at radius 2 is 2.11 bits per heavy atom. The highest BCUT2D eigenvalue weighted by Gasteiger charge is 2.16. The van der Waals surface area contributed by atoms with E-state index >= 15 is 0 Å². The Bertz CT molecular complexity index is 1170. The van der Waals surface area contributed by atoms with Crippen LogP contribution in [0.5, 0.6) is 0 Å². The van der Waals surface area contributed by atoms with Crippen LogP contribution in [0.3, 0.4) is 0 Å². The number of H-pyrrole nitrogens is 1. The van der Waals surface area contributed by atoms with E-state index in [1.807, 2.05) is 17.0 Å². The van der Waals surface area contributed by atoms with Crippen LogP contribution in [-0.2, 0) is 12.8 Å². The zero-order chi connectivity index (χ0) is 19.1. The van der Waals surface area contributed by atoms with Crippen molar-refractivity contribution in [3.63, 3.8) is 0 Å². The van der Waals surface area contributed by atoms with Gasteiger partial charge in [-0.15, -0.1) is 32.9 Å². The lowest BCUT2D eigenvalue weighted by atomic mass is 10.2. The van der Waals surface area contributed by atoms with Crippen LogP contribution >= 0.6 is 34.4 Å². The fourth-order valence-electron chi connectivity index (χ4n) is 2.91. The first-order chi connectivity index (χ1) is 12.9. The van der Waals surface area contributed by atoms with Gasteiger partial charge in [-0.3, -0.25) is 4.79 Å². The number of aromatic nitrogens is 5. The first-order valence-electron chi connectivity index (χ1n) is 8.53. The predicted octanol–water partition coefficient (Wildman–Crippen LogP) is 4.57. The Balaban J connectivity index is 1.62. The highest BCUT2D eigenvalue weighted by molar-refractivity contribution is 7.98. The van der Waals surface area contributed by atoms with Gasteiger partial charge in [0.1, 0.15) is 16.5 Å². The summed E-state index contributed by atoms with van der Waals surface area (Å²) in [6, 6.07) is 4.13. The molecule has 0 aromatic carbocycles. The molecule has 0 aliphatic heterocycles. The second kappa shape index (κ2) is 7.21. The van der Waals surface area contributed by atoms with E-state index in [0.29, 0.717) is 22.9 Å². The van der Waals surface area contributed by atoms with Gasteiger partial charge in [0.05, 0.1) is 11.1 Å². The predicted molar refractivity (Wildman–Crippen MR) is 113 cm³/mol. The molecule has 0 unspecified atom stereocenters. The molecule has 4 aromatic heterocycles. The third-order valence-corrected chi connectivity index (χ3v) is 7.16. The van der Waals surface area contributed by atoms with Crippen LogP contribution in [0.4, 0.5) is 0 Å². The van der Waals surface area contributed by atoms with Crippen molar-refractivity contribution in [3.05, 3.63) is 44.4 Å². The number of aromatic amines is 1. The number of thioether (sulfide) groups is 1. The molecule has 4 aromatic rings. The van der Waals surface area contributed by atoms with E-state index in [-0.39, 0.29) is 5.56 Å². The number of hydrogen-bond acceptors (Lipinski definition) is 7. The zero-order valence-corrected chi connectivity index (χ0v) is 17.9. The topological polar surface area (TPSA) is 76.5 Å². The molecule has 1 N–H and O–H groups in total. The molecule has 6 nitrogen and oxygen atoms in total. The molecule has 4 heterocycles. The van der Waals surface area contributed by atoms with Gasteiger partial charge in [0.2, 0.25) is 0 Å². The number of rotatable bonds is 5. The van der Waals surface area contributed by atoms with Crippen LogP contribution in [0.1, 0.15) is 36.3 Å². The summed E-state index contributed by atoms with van der Waals surface area (Å²) in [5, 5.41) is 12.0. The molecule has 4 rings (SSSR count). The molecule has 9 heteroatoms. The van der Waals surface area contributed by atoms with Gasteiger partial charge in [-0.1, -0.05) is 25.6 Å². The maximum absolute atomic E-state index is 12.7. The number of hydrogen-bond donors (Lipinski definition) is 1. The second-order valence-electron chi connectivity index (χ2n) is 6.60. The van der Waals surface area contributed by atoms with E-state index in [9.17, 15) is 4.79 Å². The molecule has 0 bridgehead atoms. The van der Waals surface area contributed by atoms with E-state index in [1.54, 1.807) is 11.3 Å². The fraction of sp³-hybridized carbons (Fsp3) is 0.333. The molecular formula is C18H19N5OS3. The maximum Gasteiger partial charge on any atom is 0.260 e. The van der Waals surface area contributed by atoms with Crippen LogP contribution in [0.25, 0.3) is 20.7 Å². The maximum atomic E-state index is 12.7. The fourth-order valence-corrected chi connectivity index (χ4v) is 5.62. The SMILES string of the molecule is Cc1ccc(-c2csc3nc(CSc4nnc(C(C)C)n4C)[nH]c(=O)c23)s1. The molecule has 0 aliphatic carbocycles. The van der Waals surface area contributed by atoms with Gasteiger partial charge in [0.15, 0.2) is 5.16 Å². The standard InChI is InChI=1S/C18H19N5OS3/c1-9(2)15-21-22-18(23(15)4)26-8-13-19-16(24)14-11(7-25-17(14)20-13)12-6-5-10(3)27-12/h5-7,9H,8H2,1-4H3,(H,19,20,24). The summed E-state index contributed by atoms with van der Waals surface area (Å²) < 4.78 is 1.99. The summed E-state index contributed by atoms with van der Waals surface area (Å²) in [5.41, 5.74) is 0.884. The Labute approximate surface area is 168 Å². The highest BCUT2D eigenvalue weighted by atomic mass is 32.2. The number of aryl methyl sites for hydroxylation is 1. The highest BCUT2D eigenvalue weighted by Crippen LogP contribution is 2.35. The minimum absolute atomic E-state index is 0.0845. The van der Waals surface area contributed by atoms with Crippen molar-refractivity contribution in [2.75, 3.05) is 0 Å². The Kier molecular flexibility index (Phi) is 4.92. The molecule has 140 valence electrons. The molecule has 0 amide bonds. The Morgan fingerprint density at radius 3 is 2.78 bits per heavy atom. The lowest BCUT2D eigenvalue weighted by Crippen LogP contribution is -2.10. The first-order valence-corrected chi connectivity index (χ1v) is 11.2. The van der Waals surface area contributed by atoms with Gasteiger partial charge in [-0.25, -0.2) is 4.98 Å². The minimum atomic E-state index is -0.0845. The van der Waals surface area contributed by atoms with Gasteiger partial charge < -0.3 is 9.55 Å². The average molecular weight is 418 g/mol. The van der Waals surface area contributed by atoms with E-state index in [1.165, 1.54) is 28.0 Å². The van der Waals surface area contributed by atoms with Gasteiger partial charge in [-0.2, -0.15) is 0 Å². The summed E-state index contributed by atoms with van der Waals surface area (Å²) in [5.74, 6) is 2.46. The summed E-state index contributed by atoms with van der Waals surface area (Å²) in [6.45, 7) is 6.25. The summed E-state index contributed by atoms with van der Waals surface area (Å²) >= 11 is 4.73. The zero-order valence-electron chi connectivity index (χ0n) is 15.4. The lowest BCUT2D eigenvalue weighted by molar-refractivity contribution is 0.679. The molecule has 27 heavy (non-hydrogen) atoms. The van der Waals surface area contributed by atoms with Crippen LogP contribution < -0.4 is 5.56 Å². The van der Waals surface area contributed by atoms with Crippen LogP contribution in [0, 0.1) is 6.92 Å². The number of nitrogens with one attached hydrogen (secondary N) is 1. The second-order valence-corrected chi connectivity index (χ2v) is 9.68. The van der Waals surface area contributed by atoms with Crippen molar-refractivity contribution in [2.45, 2.75) is 37.6 Å². The molecular weight excluding hydrogens is 398 g/mol. The van der Waals surface area contributed by atoms with E-state index < -0.39 is 0 Å². The Morgan fingerprint density at radius 1 is 1.30 bits per heavy atom. The average Bonchev–Trinajstić information content (AvgIpc) is 3.31. The van der Waals surface area contributed by atoms with Gasteiger partial charge >= 0.3 is 0 Å². The third kappa shape index (κ3) is 3.46. The van der Waals surface area contributed by atoms with Crippen molar-refractivity contribution in [2.24, 2.45) is 7.05 Å². The molecule has 0 saturated carbocycles. The number of fused-ring (bicyclic) bond motifs is 1.